The lowest BCUT2D eigenvalue weighted by atomic mass is 9.96. The van der Waals surface area contributed by atoms with Gasteiger partial charge in [-0.05, 0) is 38.7 Å². The Kier molecular flexibility index (Phi) is 3.49. The molecular formula is C14H21N3O2. The number of aromatic nitrogens is 1. The highest BCUT2D eigenvalue weighted by atomic mass is 16.2. The van der Waals surface area contributed by atoms with Crippen LogP contribution in [0.25, 0.3) is 0 Å². The Bertz CT molecular complexity index is 517. The van der Waals surface area contributed by atoms with Gasteiger partial charge < -0.3 is 15.6 Å². The van der Waals surface area contributed by atoms with Crippen LogP contribution in [-0.4, -0.2) is 28.3 Å². The molecular weight excluding hydrogens is 242 g/mol. The molecule has 0 aromatic carbocycles. The topological polar surface area (TPSA) is 77.1 Å². The van der Waals surface area contributed by atoms with Gasteiger partial charge in [-0.1, -0.05) is 0 Å². The highest BCUT2D eigenvalue weighted by Crippen LogP contribution is 2.39. The maximum atomic E-state index is 12.3. The predicted octanol–water partition coefficient (Wildman–Crippen LogP) is 1.08. The SMILES string of the molecule is CC(=O)c1cc(C(=O)NC(C)(CN)C2CC2)n(C)c1. The van der Waals surface area contributed by atoms with Crippen LogP contribution in [0.2, 0.25) is 0 Å². The number of nitrogens with two attached hydrogens (primary N) is 1. The van der Waals surface area contributed by atoms with Crippen molar-refractivity contribution in [1.82, 2.24) is 9.88 Å². The van der Waals surface area contributed by atoms with Crippen LogP contribution in [-0.2, 0) is 7.05 Å². The zero-order chi connectivity index (χ0) is 14.2. The van der Waals surface area contributed by atoms with Crippen LogP contribution in [0.1, 0.15) is 47.5 Å². The number of amides is 1. The number of ketones is 1. The van der Waals surface area contributed by atoms with Gasteiger partial charge in [-0.15, -0.1) is 0 Å². The number of rotatable bonds is 5. The van der Waals surface area contributed by atoms with Crippen molar-refractivity contribution in [2.45, 2.75) is 32.2 Å². The van der Waals surface area contributed by atoms with Gasteiger partial charge in [0.05, 0.1) is 5.54 Å². The molecule has 0 radical (unpaired) electrons. The van der Waals surface area contributed by atoms with Gasteiger partial charge in [0.2, 0.25) is 0 Å². The third kappa shape index (κ3) is 2.71. The molecule has 1 atom stereocenters. The van der Waals surface area contributed by atoms with E-state index in [4.69, 9.17) is 5.73 Å². The maximum absolute atomic E-state index is 12.3. The van der Waals surface area contributed by atoms with Crippen LogP contribution in [0.4, 0.5) is 0 Å². The molecule has 1 aromatic rings. The molecule has 0 bridgehead atoms. The van der Waals surface area contributed by atoms with E-state index in [2.05, 4.69) is 5.32 Å². The van der Waals surface area contributed by atoms with Crippen molar-refractivity contribution in [3.63, 3.8) is 0 Å². The molecule has 0 spiro atoms. The summed E-state index contributed by atoms with van der Waals surface area (Å²) in [6, 6.07) is 1.63. The molecule has 1 saturated carbocycles. The number of carbonyl (C=O) groups is 2. The first kappa shape index (κ1) is 13.8. The van der Waals surface area contributed by atoms with Crippen molar-refractivity contribution in [2.24, 2.45) is 18.7 Å². The van der Waals surface area contributed by atoms with E-state index in [-0.39, 0.29) is 17.2 Å². The Morgan fingerprint density at radius 1 is 1.53 bits per heavy atom. The molecule has 1 aliphatic rings. The van der Waals surface area contributed by atoms with Crippen molar-refractivity contribution < 1.29 is 9.59 Å². The lowest BCUT2D eigenvalue weighted by Gasteiger charge is -2.29. The highest BCUT2D eigenvalue weighted by Gasteiger charge is 2.41. The molecule has 3 N–H and O–H groups in total. The summed E-state index contributed by atoms with van der Waals surface area (Å²) in [5.41, 5.74) is 6.48. The van der Waals surface area contributed by atoms with E-state index in [1.807, 2.05) is 6.92 Å². The van der Waals surface area contributed by atoms with Gasteiger partial charge in [0, 0.05) is 25.4 Å². The molecule has 0 saturated heterocycles. The number of Topliss-reactive ketones (excluding diaryl/α,β-unsaturated/α-hetero) is 1. The van der Waals surface area contributed by atoms with Crippen LogP contribution in [0, 0.1) is 5.92 Å². The normalized spacial score (nSPS) is 17.9. The standard InChI is InChI=1S/C14H21N3O2/c1-9(18)10-6-12(17(3)7-10)13(19)16-14(2,8-15)11-4-5-11/h6-7,11H,4-5,8,15H2,1-3H3,(H,16,19). The Morgan fingerprint density at radius 2 is 2.16 bits per heavy atom. The second kappa shape index (κ2) is 4.81. The number of nitrogens with zero attached hydrogens (tertiary/aromatic N) is 1. The molecule has 1 aliphatic carbocycles. The summed E-state index contributed by atoms with van der Waals surface area (Å²) < 4.78 is 1.68. The summed E-state index contributed by atoms with van der Waals surface area (Å²) in [4.78, 5) is 23.6. The van der Waals surface area contributed by atoms with E-state index < -0.39 is 0 Å². The van der Waals surface area contributed by atoms with Gasteiger partial charge >= 0.3 is 0 Å². The number of carbonyl (C=O) groups excluding carboxylic acids is 2. The van der Waals surface area contributed by atoms with Gasteiger partial charge in [-0.3, -0.25) is 9.59 Å². The number of hydrogen-bond acceptors (Lipinski definition) is 3. The number of nitrogens with one attached hydrogen (secondary N) is 1. The predicted molar refractivity (Wildman–Crippen MR) is 73.1 cm³/mol. The van der Waals surface area contributed by atoms with Crippen LogP contribution in [0.5, 0.6) is 0 Å². The van der Waals surface area contributed by atoms with Crippen molar-refractivity contribution in [3.8, 4) is 0 Å². The maximum Gasteiger partial charge on any atom is 0.268 e. The third-order valence-corrected chi connectivity index (χ3v) is 3.95. The largest absolute Gasteiger partial charge is 0.346 e. The summed E-state index contributed by atoms with van der Waals surface area (Å²) in [5, 5.41) is 3.02. The molecule has 5 nitrogen and oxygen atoms in total. The van der Waals surface area contributed by atoms with Crippen LogP contribution < -0.4 is 11.1 Å². The monoisotopic (exact) mass is 263 g/mol. The fraction of sp³-hybridized carbons (Fsp3) is 0.571. The fourth-order valence-electron chi connectivity index (χ4n) is 2.35. The van der Waals surface area contributed by atoms with Crippen molar-refractivity contribution in [1.29, 1.82) is 0 Å². The number of hydrogen-bond donors (Lipinski definition) is 2. The smallest absolute Gasteiger partial charge is 0.268 e. The van der Waals surface area contributed by atoms with Crippen molar-refractivity contribution >= 4 is 11.7 Å². The molecule has 104 valence electrons. The third-order valence-electron chi connectivity index (χ3n) is 3.95. The molecule has 1 heterocycles. The highest BCUT2D eigenvalue weighted by molar-refractivity contribution is 5.99. The molecule has 19 heavy (non-hydrogen) atoms. The second-order valence-electron chi connectivity index (χ2n) is 5.63. The first-order valence-electron chi connectivity index (χ1n) is 6.57. The summed E-state index contributed by atoms with van der Waals surface area (Å²) in [7, 11) is 1.76. The van der Waals surface area contributed by atoms with E-state index in [1.165, 1.54) is 6.92 Å². The van der Waals surface area contributed by atoms with E-state index in [0.717, 1.165) is 12.8 Å². The summed E-state index contributed by atoms with van der Waals surface area (Å²) in [6.45, 7) is 3.90. The molecule has 2 rings (SSSR count). The van der Waals surface area contributed by atoms with Gasteiger partial charge in [0.15, 0.2) is 5.78 Å². The molecule has 1 amide bonds. The quantitative estimate of drug-likeness (QED) is 0.780. The average molecular weight is 263 g/mol. The zero-order valence-electron chi connectivity index (χ0n) is 11.7. The van der Waals surface area contributed by atoms with Gasteiger partial charge in [-0.25, -0.2) is 0 Å². The minimum absolute atomic E-state index is 0.0431. The lowest BCUT2D eigenvalue weighted by Crippen LogP contribution is -2.53. The number of aryl methyl sites for hydroxylation is 1. The Morgan fingerprint density at radius 3 is 2.58 bits per heavy atom. The van der Waals surface area contributed by atoms with E-state index >= 15 is 0 Å². The average Bonchev–Trinajstić information content (AvgIpc) is 3.12. The Balaban J connectivity index is 2.17. The molecule has 1 unspecified atom stereocenters. The summed E-state index contributed by atoms with van der Waals surface area (Å²) >= 11 is 0. The Hall–Kier alpha value is -1.62. The van der Waals surface area contributed by atoms with Gasteiger partial charge in [0.25, 0.3) is 5.91 Å². The van der Waals surface area contributed by atoms with Gasteiger partial charge in [-0.2, -0.15) is 0 Å². The van der Waals surface area contributed by atoms with E-state index in [1.54, 1.807) is 23.9 Å². The second-order valence-corrected chi connectivity index (χ2v) is 5.63. The zero-order valence-corrected chi connectivity index (χ0v) is 11.7. The van der Waals surface area contributed by atoms with Gasteiger partial charge in [0.1, 0.15) is 5.69 Å². The minimum Gasteiger partial charge on any atom is -0.346 e. The lowest BCUT2D eigenvalue weighted by molar-refractivity contribution is 0.0889. The molecule has 1 fully saturated rings. The summed E-state index contributed by atoms with van der Waals surface area (Å²) in [5.74, 6) is 0.252. The molecule has 5 heteroatoms. The van der Waals surface area contributed by atoms with E-state index in [0.29, 0.717) is 23.7 Å². The van der Waals surface area contributed by atoms with Crippen LogP contribution >= 0.6 is 0 Å². The van der Waals surface area contributed by atoms with E-state index in [9.17, 15) is 9.59 Å². The Labute approximate surface area is 113 Å². The summed E-state index contributed by atoms with van der Waals surface area (Å²) in [6.07, 6.45) is 3.90. The van der Waals surface area contributed by atoms with Crippen molar-refractivity contribution in [3.05, 3.63) is 23.5 Å². The fourth-order valence-corrected chi connectivity index (χ4v) is 2.35. The molecule has 1 aromatic heterocycles. The first-order chi connectivity index (χ1) is 8.87. The van der Waals surface area contributed by atoms with Crippen LogP contribution in [0.3, 0.4) is 0 Å². The molecule has 0 aliphatic heterocycles. The van der Waals surface area contributed by atoms with Crippen LogP contribution in [0.15, 0.2) is 12.3 Å². The minimum atomic E-state index is -0.349. The first-order valence-corrected chi connectivity index (χ1v) is 6.57. The van der Waals surface area contributed by atoms with Crippen molar-refractivity contribution in [2.75, 3.05) is 6.54 Å².